The van der Waals surface area contributed by atoms with E-state index in [-0.39, 0.29) is 5.41 Å². The topological polar surface area (TPSA) is 63.7 Å². The number of anilines is 1. The predicted octanol–water partition coefficient (Wildman–Crippen LogP) is 4.19. The molecule has 3 heterocycles. The van der Waals surface area contributed by atoms with Crippen molar-refractivity contribution in [3.8, 4) is 0 Å². The van der Waals surface area contributed by atoms with E-state index in [9.17, 15) is 4.79 Å². The molecule has 3 unspecified atom stereocenters. The molecule has 2 spiro atoms. The van der Waals surface area contributed by atoms with Crippen molar-refractivity contribution in [3.63, 3.8) is 0 Å². The summed E-state index contributed by atoms with van der Waals surface area (Å²) in [4.78, 5) is 18.7. The summed E-state index contributed by atoms with van der Waals surface area (Å²) in [6.45, 7) is 4.43. The van der Waals surface area contributed by atoms with E-state index in [0.29, 0.717) is 5.78 Å². The van der Waals surface area contributed by atoms with Gasteiger partial charge in [-0.05, 0) is 55.0 Å². The van der Waals surface area contributed by atoms with Crippen LogP contribution in [0.2, 0.25) is 0 Å². The fourth-order valence-electron chi connectivity index (χ4n) is 7.27. The standard InChI is InChI=1S/C29H35N3O3/c33-24-16-27(17-24)19-32(20-27)25-6-2-1-5-21(25)18-30-11-8-28(26-7-3-4-10-31-26)9-12-34-29(35-28)14-22-13-23(22)15-29/h1-7,10,22-23,30H,8-9,11-20H2. The second-order valence-electron chi connectivity index (χ2n) is 11.8. The number of carbonyl (C=O) groups excluding carboxylic acids is 1. The molecule has 0 amide bonds. The largest absolute Gasteiger partial charge is 0.370 e. The molecule has 7 rings (SSSR count). The number of rotatable bonds is 7. The highest BCUT2D eigenvalue weighted by Crippen LogP contribution is 2.60. The van der Waals surface area contributed by atoms with Crippen LogP contribution in [-0.4, -0.2) is 42.8 Å². The Hall–Kier alpha value is -2.28. The van der Waals surface area contributed by atoms with Gasteiger partial charge in [-0.3, -0.25) is 9.78 Å². The third-order valence-electron chi connectivity index (χ3n) is 9.15. The summed E-state index contributed by atoms with van der Waals surface area (Å²) in [5, 5.41) is 3.71. The molecule has 1 aromatic carbocycles. The van der Waals surface area contributed by atoms with E-state index in [0.717, 1.165) is 88.8 Å². The van der Waals surface area contributed by atoms with Crippen LogP contribution in [0.25, 0.3) is 0 Å². The Morgan fingerprint density at radius 1 is 1.06 bits per heavy atom. The minimum Gasteiger partial charge on any atom is -0.370 e. The number of benzene rings is 1. The lowest BCUT2D eigenvalue weighted by Crippen LogP contribution is -2.63. The molecule has 3 atom stereocenters. The number of carbonyl (C=O) groups is 1. The van der Waals surface area contributed by atoms with Crippen molar-refractivity contribution < 1.29 is 14.3 Å². The van der Waals surface area contributed by atoms with Crippen molar-refractivity contribution in [3.05, 3.63) is 59.9 Å². The van der Waals surface area contributed by atoms with E-state index in [2.05, 4.69) is 46.6 Å². The lowest BCUT2D eigenvalue weighted by atomic mass is 9.62. The molecule has 5 fully saturated rings. The van der Waals surface area contributed by atoms with Gasteiger partial charge in [-0.15, -0.1) is 0 Å². The number of Topliss-reactive ketones (excluding diaryl/α,β-unsaturated/α-hetero) is 1. The van der Waals surface area contributed by atoms with Crippen LogP contribution in [0.15, 0.2) is 48.7 Å². The van der Waals surface area contributed by atoms with Crippen molar-refractivity contribution in [2.45, 2.75) is 62.9 Å². The molecular formula is C29H35N3O3. The average molecular weight is 474 g/mol. The molecule has 0 bridgehead atoms. The number of hydrogen-bond donors (Lipinski definition) is 1. The Morgan fingerprint density at radius 3 is 2.63 bits per heavy atom. The number of ketones is 1. The molecule has 2 aromatic rings. The normalized spacial score (nSPS) is 34.5. The maximum Gasteiger partial charge on any atom is 0.170 e. The first-order chi connectivity index (χ1) is 17.1. The molecule has 5 aliphatic rings. The number of hydrogen-bond acceptors (Lipinski definition) is 6. The third-order valence-corrected chi connectivity index (χ3v) is 9.15. The van der Waals surface area contributed by atoms with E-state index in [4.69, 9.17) is 14.5 Å². The Bertz CT molecular complexity index is 1100. The van der Waals surface area contributed by atoms with Gasteiger partial charge in [0.15, 0.2) is 5.79 Å². The molecular weight excluding hydrogens is 438 g/mol. The van der Waals surface area contributed by atoms with E-state index in [1.54, 1.807) is 0 Å². The van der Waals surface area contributed by atoms with Crippen LogP contribution in [-0.2, 0) is 26.4 Å². The molecule has 35 heavy (non-hydrogen) atoms. The van der Waals surface area contributed by atoms with Crippen molar-refractivity contribution in [2.24, 2.45) is 17.3 Å². The molecule has 1 N–H and O–H groups in total. The van der Waals surface area contributed by atoms with Crippen LogP contribution in [0, 0.1) is 17.3 Å². The van der Waals surface area contributed by atoms with Crippen LogP contribution in [0.5, 0.6) is 0 Å². The smallest absolute Gasteiger partial charge is 0.170 e. The van der Waals surface area contributed by atoms with Gasteiger partial charge in [0.25, 0.3) is 0 Å². The van der Waals surface area contributed by atoms with Crippen LogP contribution in [0.4, 0.5) is 5.69 Å². The summed E-state index contributed by atoms with van der Waals surface area (Å²) in [5.41, 5.74) is 3.52. The summed E-state index contributed by atoms with van der Waals surface area (Å²) in [5.74, 6) is 1.60. The van der Waals surface area contributed by atoms with Gasteiger partial charge in [-0.1, -0.05) is 24.3 Å². The molecule has 3 aliphatic carbocycles. The number of ether oxygens (including phenoxy) is 2. The van der Waals surface area contributed by atoms with Gasteiger partial charge in [0.2, 0.25) is 0 Å². The minimum absolute atomic E-state index is 0.268. The quantitative estimate of drug-likeness (QED) is 0.609. The number of para-hydroxylation sites is 1. The molecule has 2 aliphatic heterocycles. The molecule has 3 saturated carbocycles. The Balaban J connectivity index is 1.02. The summed E-state index contributed by atoms with van der Waals surface area (Å²) in [7, 11) is 0. The Labute approximate surface area is 207 Å². The highest BCUT2D eigenvalue weighted by molar-refractivity contribution is 5.87. The Kier molecular flexibility index (Phi) is 5.09. The lowest BCUT2D eigenvalue weighted by Gasteiger charge is -2.56. The van der Waals surface area contributed by atoms with E-state index < -0.39 is 11.4 Å². The zero-order valence-electron chi connectivity index (χ0n) is 20.4. The fourth-order valence-corrected chi connectivity index (χ4v) is 7.27. The third kappa shape index (κ3) is 3.90. The summed E-state index contributed by atoms with van der Waals surface area (Å²) in [6, 6.07) is 14.8. The van der Waals surface area contributed by atoms with Crippen molar-refractivity contribution in [1.29, 1.82) is 0 Å². The van der Waals surface area contributed by atoms with E-state index >= 15 is 0 Å². The summed E-state index contributed by atoms with van der Waals surface area (Å²) in [6.07, 6.45) is 8.56. The van der Waals surface area contributed by atoms with Gasteiger partial charge < -0.3 is 19.7 Å². The molecule has 1 aromatic heterocycles. The fraction of sp³-hybridized carbons (Fsp3) is 0.586. The molecule has 2 saturated heterocycles. The van der Waals surface area contributed by atoms with Gasteiger partial charge in [-0.2, -0.15) is 0 Å². The molecule has 6 nitrogen and oxygen atoms in total. The first-order valence-corrected chi connectivity index (χ1v) is 13.4. The van der Waals surface area contributed by atoms with E-state index in [1.165, 1.54) is 17.7 Å². The zero-order valence-corrected chi connectivity index (χ0v) is 20.4. The predicted molar refractivity (Wildman–Crippen MR) is 133 cm³/mol. The van der Waals surface area contributed by atoms with Crippen molar-refractivity contribution >= 4 is 11.5 Å². The maximum absolute atomic E-state index is 11.5. The van der Waals surface area contributed by atoms with Crippen molar-refractivity contribution in [2.75, 3.05) is 31.1 Å². The maximum atomic E-state index is 11.5. The summed E-state index contributed by atoms with van der Waals surface area (Å²) < 4.78 is 13.2. The zero-order chi connectivity index (χ0) is 23.5. The average Bonchev–Trinajstić information content (AvgIpc) is 3.46. The number of aromatic nitrogens is 1. The Morgan fingerprint density at radius 2 is 1.86 bits per heavy atom. The monoisotopic (exact) mass is 473 g/mol. The van der Waals surface area contributed by atoms with E-state index in [1.807, 2.05) is 12.3 Å². The molecule has 184 valence electrons. The first kappa shape index (κ1) is 22.0. The molecule has 0 radical (unpaired) electrons. The minimum atomic E-state index is -0.410. The first-order valence-electron chi connectivity index (χ1n) is 13.4. The molecule has 6 heteroatoms. The highest BCUT2D eigenvalue weighted by atomic mass is 16.7. The van der Waals surface area contributed by atoms with Gasteiger partial charge in [-0.25, -0.2) is 0 Å². The van der Waals surface area contributed by atoms with Gasteiger partial charge in [0.1, 0.15) is 11.4 Å². The highest BCUT2D eigenvalue weighted by Gasteiger charge is 2.60. The van der Waals surface area contributed by atoms with Crippen LogP contribution < -0.4 is 10.2 Å². The number of pyridine rings is 1. The van der Waals surface area contributed by atoms with Gasteiger partial charge in [0.05, 0.1) is 12.3 Å². The SMILES string of the molecule is O=C1CC2(C1)CN(c1ccccc1CNCCC1(c3ccccn3)CCOC3(CC4CC4C3)O1)C2. The van der Waals surface area contributed by atoms with Gasteiger partial charge >= 0.3 is 0 Å². The number of fused-ring (bicyclic) bond motifs is 1. The lowest BCUT2D eigenvalue weighted by molar-refractivity contribution is -0.335. The second kappa shape index (κ2) is 8.12. The van der Waals surface area contributed by atoms with Crippen LogP contribution in [0.3, 0.4) is 0 Å². The van der Waals surface area contributed by atoms with Crippen LogP contribution >= 0.6 is 0 Å². The number of nitrogens with one attached hydrogen (secondary N) is 1. The van der Waals surface area contributed by atoms with Gasteiger partial charge in [0, 0.05) is 69.0 Å². The second-order valence-corrected chi connectivity index (χ2v) is 11.8. The van der Waals surface area contributed by atoms with Crippen LogP contribution in [0.1, 0.15) is 56.2 Å². The summed E-state index contributed by atoms with van der Waals surface area (Å²) >= 11 is 0. The van der Waals surface area contributed by atoms with Crippen molar-refractivity contribution in [1.82, 2.24) is 10.3 Å². The number of nitrogens with zero attached hydrogens (tertiary/aromatic N) is 2.